The lowest BCUT2D eigenvalue weighted by molar-refractivity contribution is -0.275. The SMILES string of the molecule is COc1ccc(-c2ccc(OCCN)c(OC(F)(F)F)c2)c(OC)c1. The summed E-state index contributed by atoms with van der Waals surface area (Å²) in [5.41, 5.74) is 6.38. The Bertz CT molecular complexity index is 720. The fraction of sp³-hybridized carbons (Fsp3) is 0.294. The highest BCUT2D eigenvalue weighted by atomic mass is 19.4. The molecule has 0 amide bonds. The Balaban J connectivity index is 2.46. The summed E-state index contributed by atoms with van der Waals surface area (Å²) >= 11 is 0. The third-order valence-electron chi connectivity index (χ3n) is 3.26. The van der Waals surface area contributed by atoms with E-state index in [0.717, 1.165) is 0 Å². The fourth-order valence-corrected chi connectivity index (χ4v) is 2.21. The second kappa shape index (κ2) is 7.98. The molecule has 0 aliphatic carbocycles. The number of benzene rings is 2. The molecule has 136 valence electrons. The van der Waals surface area contributed by atoms with Crippen molar-refractivity contribution in [2.24, 2.45) is 5.73 Å². The van der Waals surface area contributed by atoms with Gasteiger partial charge in [0.15, 0.2) is 11.5 Å². The van der Waals surface area contributed by atoms with Crippen molar-refractivity contribution in [3.8, 4) is 34.1 Å². The van der Waals surface area contributed by atoms with Gasteiger partial charge >= 0.3 is 6.36 Å². The molecular formula is C17H18F3NO4. The number of hydrogen-bond acceptors (Lipinski definition) is 5. The van der Waals surface area contributed by atoms with Crippen LogP contribution in [0.15, 0.2) is 36.4 Å². The van der Waals surface area contributed by atoms with Crippen molar-refractivity contribution in [3.05, 3.63) is 36.4 Å². The van der Waals surface area contributed by atoms with E-state index >= 15 is 0 Å². The van der Waals surface area contributed by atoms with Gasteiger partial charge in [-0.1, -0.05) is 6.07 Å². The van der Waals surface area contributed by atoms with Crippen LogP contribution in [0.4, 0.5) is 13.2 Å². The maximum absolute atomic E-state index is 12.7. The van der Waals surface area contributed by atoms with Gasteiger partial charge in [-0.15, -0.1) is 13.2 Å². The second-order valence-corrected chi connectivity index (χ2v) is 4.91. The van der Waals surface area contributed by atoms with Crippen LogP contribution in [-0.2, 0) is 0 Å². The summed E-state index contributed by atoms with van der Waals surface area (Å²) < 4.78 is 57.7. The van der Waals surface area contributed by atoms with Gasteiger partial charge in [-0.25, -0.2) is 0 Å². The molecule has 0 bridgehead atoms. The van der Waals surface area contributed by atoms with Gasteiger partial charge in [0.25, 0.3) is 0 Å². The van der Waals surface area contributed by atoms with Crippen molar-refractivity contribution in [3.63, 3.8) is 0 Å². The molecule has 2 N–H and O–H groups in total. The number of nitrogens with two attached hydrogens (primary N) is 1. The first-order valence-electron chi connectivity index (χ1n) is 7.33. The zero-order valence-corrected chi connectivity index (χ0v) is 13.7. The van der Waals surface area contributed by atoms with Crippen molar-refractivity contribution in [2.45, 2.75) is 6.36 Å². The number of ether oxygens (including phenoxy) is 4. The van der Waals surface area contributed by atoms with E-state index in [4.69, 9.17) is 19.9 Å². The summed E-state index contributed by atoms with van der Waals surface area (Å²) in [5, 5.41) is 0. The average Bonchev–Trinajstić information content (AvgIpc) is 2.58. The van der Waals surface area contributed by atoms with E-state index in [0.29, 0.717) is 22.6 Å². The highest BCUT2D eigenvalue weighted by Gasteiger charge is 2.32. The van der Waals surface area contributed by atoms with E-state index in [2.05, 4.69) is 4.74 Å². The molecule has 0 saturated heterocycles. The molecule has 0 radical (unpaired) electrons. The first kappa shape index (κ1) is 18.7. The van der Waals surface area contributed by atoms with Gasteiger partial charge in [0, 0.05) is 18.2 Å². The monoisotopic (exact) mass is 357 g/mol. The van der Waals surface area contributed by atoms with Crippen LogP contribution in [0.3, 0.4) is 0 Å². The molecule has 0 spiro atoms. The van der Waals surface area contributed by atoms with Crippen LogP contribution >= 0.6 is 0 Å². The third-order valence-corrected chi connectivity index (χ3v) is 3.26. The van der Waals surface area contributed by atoms with E-state index < -0.39 is 12.1 Å². The predicted molar refractivity (Wildman–Crippen MR) is 86.2 cm³/mol. The van der Waals surface area contributed by atoms with E-state index in [1.54, 1.807) is 24.3 Å². The summed E-state index contributed by atoms with van der Waals surface area (Å²) in [7, 11) is 2.97. The minimum absolute atomic E-state index is 0.0426. The Labute approximate surface area is 143 Å². The van der Waals surface area contributed by atoms with Gasteiger partial charge in [-0.3, -0.25) is 0 Å². The normalized spacial score (nSPS) is 11.1. The van der Waals surface area contributed by atoms with E-state index in [9.17, 15) is 13.2 Å². The lowest BCUT2D eigenvalue weighted by Crippen LogP contribution is -2.18. The first-order chi connectivity index (χ1) is 11.9. The molecule has 25 heavy (non-hydrogen) atoms. The highest BCUT2D eigenvalue weighted by Crippen LogP contribution is 2.39. The quantitative estimate of drug-likeness (QED) is 0.820. The zero-order valence-electron chi connectivity index (χ0n) is 13.7. The van der Waals surface area contributed by atoms with Gasteiger partial charge < -0.3 is 24.7 Å². The van der Waals surface area contributed by atoms with Crippen LogP contribution in [-0.4, -0.2) is 33.7 Å². The van der Waals surface area contributed by atoms with E-state index in [-0.39, 0.29) is 18.9 Å². The summed E-state index contributed by atoms with van der Waals surface area (Å²) in [5.74, 6) is 0.526. The van der Waals surface area contributed by atoms with Crippen LogP contribution < -0.4 is 24.7 Å². The van der Waals surface area contributed by atoms with Crippen molar-refractivity contribution >= 4 is 0 Å². The Morgan fingerprint density at radius 3 is 2.28 bits per heavy atom. The molecule has 8 heteroatoms. The summed E-state index contributed by atoms with van der Waals surface area (Å²) in [6.45, 7) is 0.235. The zero-order chi connectivity index (χ0) is 18.4. The van der Waals surface area contributed by atoms with Crippen molar-refractivity contribution in [1.29, 1.82) is 0 Å². The molecular weight excluding hydrogens is 339 g/mol. The predicted octanol–water partition coefficient (Wildman–Crippen LogP) is 3.61. The lowest BCUT2D eigenvalue weighted by Gasteiger charge is -2.16. The minimum atomic E-state index is -4.84. The largest absolute Gasteiger partial charge is 0.573 e. The molecule has 0 aliphatic rings. The molecule has 0 atom stereocenters. The number of methoxy groups -OCH3 is 2. The molecule has 5 nitrogen and oxygen atoms in total. The molecule has 0 fully saturated rings. The topological polar surface area (TPSA) is 62.9 Å². The molecule has 0 aromatic heterocycles. The number of hydrogen-bond donors (Lipinski definition) is 1. The molecule has 2 rings (SSSR count). The van der Waals surface area contributed by atoms with Gasteiger partial charge in [-0.05, 0) is 29.8 Å². The number of rotatable bonds is 7. The lowest BCUT2D eigenvalue weighted by atomic mass is 10.0. The third kappa shape index (κ3) is 4.93. The number of alkyl halides is 3. The summed E-state index contributed by atoms with van der Waals surface area (Å²) in [6.07, 6.45) is -4.84. The second-order valence-electron chi connectivity index (χ2n) is 4.91. The smallest absolute Gasteiger partial charge is 0.497 e. The minimum Gasteiger partial charge on any atom is -0.497 e. The Morgan fingerprint density at radius 2 is 1.68 bits per heavy atom. The molecule has 2 aromatic rings. The highest BCUT2D eigenvalue weighted by molar-refractivity contribution is 5.73. The Morgan fingerprint density at radius 1 is 0.920 bits per heavy atom. The maximum Gasteiger partial charge on any atom is 0.573 e. The van der Waals surface area contributed by atoms with E-state index in [1.807, 2.05) is 0 Å². The fourth-order valence-electron chi connectivity index (χ4n) is 2.21. The standard InChI is InChI=1S/C17H18F3NO4/c1-22-12-4-5-13(15(10-12)23-2)11-3-6-14(24-8-7-21)16(9-11)25-17(18,19)20/h3-6,9-10H,7-8,21H2,1-2H3. The van der Waals surface area contributed by atoms with Crippen LogP contribution in [0.2, 0.25) is 0 Å². The molecule has 0 saturated carbocycles. The van der Waals surface area contributed by atoms with Gasteiger partial charge in [0.2, 0.25) is 0 Å². The van der Waals surface area contributed by atoms with Crippen molar-refractivity contribution < 1.29 is 32.1 Å². The van der Waals surface area contributed by atoms with Gasteiger partial charge in [0.1, 0.15) is 18.1 Å². The van der Waals surface area contributed by atoms with Gasteiger partial charge in [0.05, 0.1) is 14.2 Å². The summed E-state index contributed by atoms with van der Waals surface area (Å²) in [4.78, 5) is 0. The average molecular weight is 357 g/mol. The van der Waals surface area contributed by atoms with E-state index in [1.165, 1.54) is 26.4 Å². The van der Waals surface area contributed by atoms with Crippen LogP contribution in [0.5, 0.6) is 23.0 Å². The Hall–Kier alpha value is -2.61. The van der Waals surface area contributed by atoms with Crippen LogP contribution in [0.25, 0.3) is 11.1 Å². The maximum atomic E-state index is 12.7. The molecule has 0 unspecified atom stereocenters. The first-order valence-corrected chi connectivity index (χ1v) is 7.33. The van der Waals surface area contributed by atoms with Crippen molar-refractivity contribution in [1.82, 2.24) is 0 Å². The van der Waals surface area contributed by atoms with Crippen LogP contribution in [0.1, 0.15) is 0 Å². The van der Waals surface area contributed by atoms with Crippen molar-refractivity contribution in [2.75, 3.05) is 27.4 Å². The molecule has 0 heterocycles. The molecule has 0 aliphatic heterocycles. The van der Waals surface area contributed by atoms with Crippen LogP contribution in [0, 0.1) is 0 Å². The number of halogens is 3. The Kier molecular flexibility index (Phi) is 5.97. The molecule has 2 aromatic carbocycles. The van der Waals surface area contributed by atoms with Gasteiger partial charge in [-0.2, -0.15) is 0 Å². The summed E-state index contributed by atoms with van der Waals surface area (Å²) in [6, 6.07) is 9.25.